The van der Waals surface area contributed by atoms with Gasteiger partial charge in [0, 0.05) is 53.4 Å². The maximum Gasteiger partial charge on any atom is 0.236 e. The van der Waals surface area contributed by atoms with Crippen LogP contribution in [-0.4, -0.2) is 14.5 Å². The van der Waals surface area contributed by atoms with Gasteiger partial charge in [-0.1, -0.05) is 127 Å². The Balaban J connectivity index is 1.22. The van der Waals surface area contributed by atoms with Gasteiger partial charge < -0.3 is 4.42 Å². The third-order valence-electron chi connectivity index (χ3n) is 11.6. The number of thiophene rings is 1. The van der Waals surface area contributed by atoms with Crippen molar-refractivity contribution in [1.29, 1.82) is 0 Å². The van der Waals surface area contributed by atoms with Crippen LogP contribution < -0.4 is 0 Å². The van der Waals surface area contributed by atoms with Gasteiger partial charge in [0.1, 0.15) is 16.0 Å². The molecule has 0 unspecified atom stereocenters. The maximum absolute atomic E-state index is 6.26. The molecule has 4 aromatic heterocycles. The van der Waals surface area contributed by atoms with Crippen molar-refractivity contribution in [2.24, 2.45) is 0 Å². The molecule has 0 N–H and O–H groups in total. The van der Waals surface area contributed by atoms with Crippen LogP contribution in [0.15, 0.2) is 168 Å². The molecule has 0 aliphatic heterocycles. The summed E-state index contributed by atoms with van der Waals surface area (Å²) in [6.45, 7) is 0. The highest BCUT2D eigenvalue weighted by atomic mass is 32.1. The minimum atomic E-state index is 0.659. The van der Waals surface area contributed by atoms with Crippen LogP contribution in [0.5, 0.6) is 0 Å². The van der Waals surface area contributed by atoms with Crippen molar-refractivity contribution in [2.75, 3.05) is 0 Å². The lowest BCUT2D eigenvalue weighted by molar-refractivity contribution is 0.669. The normalized spacial score (nSPS) is 12.4. The standard InChI is InChI=1S/C50H27N3OS/c1-2-12-30-28(11-1)21-23-38-45-40(25-24-36-33-15-4-3-13-31(33)32-14-5-6-17-35(32)44(36)45)53(48(30)38)50-51-47(46-37-18-8-10-20-43(37)55-49(46)52-50)29-22-26-42-39(27-29)34-16-7-9-19-41(34)54-42/h1-27H. The van der Waals surface area contributed by atoms with Gasteiger partial charge in [0.25, 0.3) is 0 Å². The third kappa shape index (κ3) is 3.94. The lowest BCUT2D eigenvalue weighted by atomic mass is 9.91. The van der Waals surface area contributed by atoms with Crippen LogP contribution in [0.1, 0.15) is 0 Å². The zero-order chi connectivity index (χ0) is 35.8. The minimum absolute atomic E-state index is 0.659. The summed E-state index contributed by atoms with van der Waals surface area (Å²) in [6.07, 6.45) is 0. The zero-order valence-corrected chi connectivity index (χ0v) is 30.1. The van der Waals surface area contributed by atoms with E-state index in [1.54, 1.807) is 11.3 Å². The second kappa shape index (κ2) is 10.8. The summed E-state index contributed by atoms with van der Waals surface area (Å²) in [5, 5.41) is 16.7. The summed E-state index contributed by atoms with van der Waals surface area (Å²) in [6, 6.07) is 58.8. The Bertz CT molecular complexity index is 3760. The minimum Gasteiger partial charge on any atom is -0.456 e. The molecule has 0 aliphatic carbocycles. The second-order valence-corrected chi connectivity index (χ2v) is 15.5. The fourth-order valence-electron chi connectivity index (χ4n) is 9.26. The molecule has 0 saturated carbocycles. The summed E-state index contributed by atoms with van der Waals surface area (Å²) in [5.74, 6) is 0.659. The molecule has 0 saturated heterocycles. The predicted octanol–water partition coefficient (Wildman–Crippen LogP) is 14.1. The van der Waals surface area contributed by atoms with Gasteiger partial charge in [0.2, 0.25) is 5.95 Å². The summed E-state index contributed by atoms with van der Waals surface area (Å²) in [4.78, 5) is 12.1. The Morgan fingerprint density at radius 2 is 1.07 bits per heavy atom. The van der Waals surface area contributed by atoms with E-state index in [0.717, 1.165) is 54.4 Å². The van der Waals surface area contributed by atoms with Gasteiger partial charge in [-0.05, 0) is 68.7 Å². The van der Waals surface area contributed by atoms with Gasteiger partial charge in [0.15, 0.2) is 0 Å². The van der Waals surface area contributed by atoms with Gasteiger partial charge in [-0.15, -0.1) is 11.3 Å². The van der Waals surface area contributed by atoms with Crippen molar-refractivity contribution >= 4 is 118 Å². The Hall–Kier alpha value is -7.08. The highest BCUT2D eigenvalue weighted by Crippen LogP contribution is 2.46. The molecule has 0 atom stereocenters. The molecule has 4 nitrogen and oxygen atoms in total. The summed E-state index contributed by atoms with van der Waals surface area (Å²) < 4.78 is 9.78. The first-order valence-corrected chi connectivity index (χ1v) is 19.4. The molecule has 0 amide bonds. The van der Waals surface area contributed by atoms with Crippen LogP contribution in [0.2, 0.25) is 0 Å². The number of rotatable bonds is 2. The fourth-order valence-corrected chi connectivity index (χ4v) is 10.3. The molecule has 0 radical (unpaired) electrons. The van der Waals surface area contributed by atoms with Crippen LogP contribution in [0, 0.1) is 0 Å². The van der Waals surface area contributed by atoms with E-state index in [-0.39, 0.29) is 0 Å². The summed E-state index contributed by atoms with van der Waals surface area (Å²) >= 11 is 1.73. The molecule has 13 rings (SSSR count). The van der Waals surface area contributed by atoms with Crippen molar-refractivity contribution in [3.8, 4) is 17.2 Å². The highest BCUT2D eigenvalue weighted by molar-refractivity contribution is 7.25. The Kier molecular flexibility index (Phi) is 5.74. The average molecular weight is 718 g/mol. The zero-order valence-electron chi connectivity index (χ0n) is 29.2. The summed E-state index contributed by atoms with van der Waals surface area (Å²) in [7, 11) is 0. The van der Waals surface area contributed by atoms with Gasteiger partial charge in [-0.2, -0.15) is 0 Å². The molecule has 5 heteroatoms. The van der Waals surface area contributed by atoms with E-state index in [2.05, 4.69) is 156 Å². The molecule has 0 aliphatic rings. The average Bonchev–Trinajstić information content (AvgIpc) is 3.92. The molecule has 0 fully saturated rings. The van der Waals surface area contributed by atoms with Crippen LogP contribution in [0.25, 0.3) is 124 Å². The van der Waals surface area contributed by atoms with Crippen molar-refractivity contribution < 1.29 is 4.42 Å². The van der Waals surface area contributed by atoms with E-state index >= 15 is 0 Å². The lowest BCUT2D eigenvalue weighted by Crippen LogP contribution is -2.03. The Morgan fingerprint density at radius 1 is 0.436 bits per heavy atom. The molecular formula is C50H27N3OS. The van der Waals surface area contributed by atoms with E-state index < -0.39 is 0 Å². The number of fused-ring (bicyclic) bond motifs is 18. The molecule has 0 spiro atoms. The van der Waals surface area contributed by atoms with Gasteiger partial charge in [-0.3, -0.25) is 4.57 Å². The van der Waals surface area contributed by atoms with Crippen molar-refractivity contribution in [1.82, 2.24) is 14.5 Å². The molecule has 13 aromatic rings. The van der Waals surface area contributed by atoms with E-state index in [1.165, 1.54) is 63.9 Å². The number of nitrogens with zero attached hydrogens (tertiary/aromatic N) is 3. The predicted molar refractivity (Wildman–Crippen MR) is 232 cm³/mol. The van der Waals surface area contributed by atoms with Crippen molar-refractivity contribution in [2.45, 2.75) is 0 Å². The molecular weight excluding hydrogens is 691 g/mol. The number of hydrogen-bond donors (Lipinski definition) is 0. The van der Waals surface area contributed by atoms with Gasteiger partial charge in [0.05, 0.1) is 16.7 Å². The first-order chi connectivity index (χ1) is 27.3. The number of furan rings is 1. The van der Waals surface area contributed by atoms with E-state index in [0.29, 0.717) is 5.95 Å². The van der Waals surface area contributed by atoms with Gasteiger partial charge >= 0.3 is 0 Å². The Morgan fingerprint density at radius 3 is 1.91 bits per heavy atom. The number of hydrogen-bond acceptors (Lipinski definition) is 4. The SMILES string of the molecule is c1ccc2c(c1)ccc1c3c4c5ccccc5c5ccccc5c4ccc3n(-c3nc(-c4ccc5oc6ccccc6c5c4)c4c(n3)sc3ccccc34)c21. The van der Waals surface area contributed by atoms with Crippen LogP contribution in [0.3, 0.4) is 0 Å². The number of aromatic nitrogens is 3. The maximum atomic E-state index is 6.26. The van der Waals surface area contributed by atoms with Crippen LogP contribution in [-0.2, 0) is 0 Å². The van der Waals surface area contributed by atoms with Crippen LogP contribution >= 0.6 is 11.3 Å². The molecule has 55 heavy (non-hydrogen) atoms. The lowest BCUT2D eigenvalue weighted by Gasteiger charge is -2.13. The second-order valence-electron chi connectivity index (χ2n) is 14.5. The highest BCUT2D eigenvalue weighted by Gasteiger charge is 2.24. The molecule has 9 aromatic carbocycles. The topological polar surface area (TPSA) is 43.9 Å². The van der Waals surface area contributed by atoms with Crippen molar-refractivity contribution in [3.63, 3.8) is 0 Å². The number of para-hydroxylation sites is 1. The smallest absolute Gasteiger partial charge is 0.236 e. The van der Waals surface area contributed by atoms with E-state index in [9.17, 15) is 0 Å². The van der Waals surface area contributed by atoms with E-state index in [1.807, 2.05) is 12.1 Å². The van der Waals surface area contributed by atoms with Gasteiger partial charge in [-0.25, -0.2) is 9.97 Å². The summed E-state index contributed by atoms with van der Waals surface area (Å²) in [5.41, 5.74) is 5.89. The van der Waals surface area contributed by atoms with Crippen molar-refractivity contribution in [3.05, 3.63) is 164 Å². The fraction of sp³-hybridized carbons (Fsp3) is 0. The Labute approximate surface area is 317 Å². The molecule has 0 bridgehead atoms. The molecule has 4 heterocycles. The molecule has 254 valence electrons. The quantitative estimate of drug-likeness (QED) is 0.167. The first-order valence-electron chi connectivity index (χ1n) is 18.6. The monoisotopic (exact) mass is 717 g/mol. The van der Waals surface area contributed by atoms with Crippen LogP contribution in [0.4, 0.5) is 0 Å². The van der Waals surface area contributed by atoms with E-state index in [4.69, 9.17) is 14.4 Å². The largest absolute Gasteiger partial charge is 0.456 e. The number of benzene rings is 9. The third-order valence-corrected chi connectivity index (χ3v) is 12.7. The first kappa shape index (κ1) is 29.4.